The summed E-state index contributed by atoms with van der Waals surface area (Å²) in [5.74, 6) is -0.837. The van der Waals surface area contributed by atoms with Crippen molar-refractivity contribution in [3.63, 3.8) is 0 Å². The van der Waals surface area contributed by atoms with E-state index in [-0.39, 0.29) is 5.97 Å². The summed E-state index contributed by atoms with van der Waals surface area (Å²) in [7, 11) is 0. The summed E-state index contributed by atoms with van der Waals surface area (Å²) < 4.78 is 5.18. The minimum absolute atomic E-state index is 0.239. The van der Waals surface area contributed by atoms with Gasteiger partial charge in [0.2, 0.25) is 0 Å². The Morgan fingerprint density at radius 1 is 1.00 bits per heavy atom. The van der Waals surface area contributed by atoms with Gasteiger partial charge >= 0.3 is 11.9 Å². The maximum absolute atomic E-state index is 11.6. The molecule has 0 aliphatic rings. The topological polar surface area (TPSA) is 83.8 Å². The first-order valence-electron chi connectivity index (χ1n) is 6.69. The molecule has 0 fully saturated rings. The van der Waals surface area contributed by atoms with Crippen LogP contribution in [0.25, 0.3) is 0 Å². The normalized spacial score (nSPS) is 10.8. The number of aliphatic hydroxyl groups is 1. The first-order valence-corrected chi connectivity index (χ1v) is 6.69. The summed E-state index contributed by atoms with van der Waals surface area (Å²) in [6, 6.07) is 18.7. The molecule has 5 nitrogen and oxygen atoms in total. The summed E-state index contributed by atoms with van der Waals surface area (Å²) in [4.78, 5) is 21.0. The van der Waals surface area contributed by atoms with Crippen molar-refractivity contribution >= 4 is 11.9 Å². The third-order valence-electron chi connectivity index (χ3n) is 2.52. The third kappa shape index (κ3) is 7.21. The summed E-state index contributed by atoms with van der Waals surface area (Å²) in [5.41, 5.74) is 0.962. The van der Waals surface area contributed by atoms with Crippen molar-refractivity contribution in [1.29, 1.82) is 0 Å². The number of aliphatic hydroxyl groups excluding tert-OH is 1. The van der Waals surface area contributed by atoms with E-state index in [4.69, 9.17) is 14.9 Å². The number of aliphatic carboxylic acids is 1. The molecule has 0 amide bonds. The van der Waals surface area contributed by atoms with Gasteiger partial charge in [0.15, 0.2) is 0 Å². The van der Waals surface area contributed by atoms with Crippen molar-refractivity contribution in [2.24, 2.45) is 0 Å². The molecular weight excluding hydrogens is 284 g/mol. The number of esters is 1. The van der Waals surface area contributed by atoms with Crippen molar-refractivity contribution in [2.45, 2.75) is 19.4 Å². The number of benzene rings is 2. The number of carbonyl (C=O) groups excluding carboxylic acids is 1. The van der Waals surface area contributed by atoms with E-state index in [1.165, 1.54) is 6.92 Å². The van der Waals surface area contributed by atoms with Gasteiger partial charge in [-0.15, -0.1) is 0 Å². The smallest absolute Gasteiger partial charge is 0.332 e. The maximum Gasteiger partial charge on any atom is 0.332 e. The zero-order chi connectivity index (χ0) is 16.4. The lowest BCUT2D eigenvalue weighted by Gasteiger charge is -2.03. The molecule has 0 radical (unpaired) electrons. The summed E-state index contributed by atoms with van der Waals surface area (Å²) >= 11 is 0. The van der Waals surface area contributed by atoms with Crippen molar-refractivity contribution in [2.75, 3.05) is 0 Å². The molecule has 1 atom stereocenters. The Balaban J connectivity index is 0.000000346. The SMILES string of the molecule is CC(O)C(=O)O.O=C(Cc1ccccc1)Oc1ccccc1. The van der Waals surface area contributed by atoms with Crippen molar-refractivity contribution < 1.29 is 24.5 Å². The molecule has 0 bridgehead atoms. The molecular formula is C17H18O5. The molecule has 2 aromatic rings. The van der Waals surface area contributed by atoms with Crippen LogP contribution in [-0.2, 0) is 16.0 Å². The van der Waals surface area contributed by atoms with Gasteiger partial charge in [0.05, 0.1) is 6.42 Å². The molecule has 2 N–H and O–H groups in total. The summed E-state index contributed by atoms with van der Waals surface area (Å²) in [6.45, 7) is 1.20. The van der Waals surface area contributed by atoms with Gasteiger partial charge in [-0.1, -0.05) is 48.5 Å². The number of rotatable bonds is 4. The fourth-order valence-electron chi connectivity index (χ4n) is 1.42. The largest absolute Gasteiger partial charge is 0.479 e. The molecule has 0 aliphatic carbocycles. The lowest BCUT2D eigenvalue weighted by atomic mass is 10.2. The van der Waals surface area contributed by atoms with E-state index >= 15 is 0 Å². The molecule has 0 spiro atoms. The number of hydrogen-bond acceptors (Lipinski definition) is 4. The number of carboxylic acids is 1. The van der Waals surface area contributed by atoms with Crippen molar-refractivity contribution in [1.82, 2.24) is 0 Å². The van der Waals surface area contributed by atoms with E-state index in [9.17, 15) is 9.59 Å². The van der Waals surface area contributed by atoms with Crippen LogP contribution in [0.4, 0.5) is 0 Å². The molecule has 116 valence electrons. The molecule has 22 heavy (non-hydrogen) atoms. The van der Waals surface area contributed by atoms with Crippen LogP contribution >= 0.6 is 0 Å². The average molecular weight is 302 g/mol. The predicted molar refractivity (Wildman–Crippen MR) is 81.5 cm³/mol. The quantitative estimate of drug-likeness (QED) is 0.668. The molecule has 0 aliphatic heterocycles. The van der Waals surface area contributed by atoms with E-state index in [0.717, 1.165) is 5.56 Å². The first kappa shape index (κ1) is 17.4. The van der Waals surface area contributed by atoms with Gasteiger partial charge < -0.3 is 14.9 Å². The number of carbonyl (C=O) groups is 2. The lowest BCUT2D eigenvalue weighted by Crippen LogP contribution is -2.13. The molecule has 1 unspecified atom stereocenters. The highest BCUT2D eigenvalue weighted by Crippen LogP contribution is 2.10. The fourth-order valence-corrected chi connectivity index (χ4v) is 1.42. The van der Waals surface area contributed by atoms with E-state index < -0.39 is 12.1 Å². The number of ether oxygens (including phenoxy) is 1. The molecule has 2 aromatic carbocycles. The third-order valence-corrected chi connectivity index (χ3v) is 2.52. The highest BCUT2D eigenvalue weighted by Gasteiger charge is 2.05. The zero-order valence-electron chi connectivity index (χ0n) is 12.2. The Morgan fingerprint density at radius 3 is 1.91 bits per heavy atom. The second kappa shape index (κ2) is 9.31. The van der Waals surface area contributed by atoms with E-state index in [1.807, 2.05) is 48.5 Å². The van der Waals surface area contributed by atoms with Gasteiger partial charge in [0.1, 0.15) is 11.9 Å². The molecule has 0 saturated heterocycles. The van der Waals surface area contributed by atoms with Gasteiger partial charge in [-0.05, 0) is 24.6 Å². The minimum Gasteiger partial charge on any atom is -0.479 e. The van der Waals surface area contributed by atoms with Crippen molar-refractivity contribution in [3.8, 4) is 5.75 Å². The van der Waals surface area contributed by atoms with Crippen LogP contribution in [0.5, 0.6) is 5.75 Å². The number of carboxylic acid groups (broad SMARTS) is 1. The van der Waals surface area contributed by atoms with E-state index in [1.54, 1.807) is 12.1 Å². The minimum atomic E-state index is -1.23. The van der Waals surface area contributed by atoms with Crippen LogP contribution in [0.1, 0.15) is 12.5 Å². The summed E-state index contributed by atoms with van der Waals surface area (Å²) in [6.07, 6.45) is -0.930. The van der Waals surface area contributed by atoms with Crippen LogP contribution in [0.15, 0.2) is 60.7 Å². The molecule has 5 heteroatoms. The van der Waals surface area contributed by atoms with Gasteiger partial charge in [-0.3, -0.25) is 4.79 Å². The maximum atomic E-state index is 11.6. The van der Waals surface area contributed by atoms with Crippen LogP contribution in [-0.4, -0.2) is 28.3 Å². The van der Waals surface area contributed by atoms with Crippen LogP contribution in [0, 0.1) is 0 Å². The van der Waals surface area contributed by atoms with Gasteiger partial charge in [0.25, 0.3) is 0 Å². The van der Waals surface area contributed by atoms with Gasteiger partial charge in [-0.25, -0.2) is 4.79 Å². The number of hydrogen-bond donors (Lipinski definition) is 2. The van der Waals surface area contributed by atoms with E-state index in [2.05, 4.69) is 0 Å². The monoisotopic (exact) mass is 302 g/mol. The Bertz CT molecular complexity index is 535. The number of para-hydroxylation sites is 1. The fraction of sp³-hybridized carbons (Fsp3) is 0.176. The van der Waals surface area contributed by atoms with Gasteiger partial charge in [-0.2, -0.15) is 0 Å². The second-order valence-corrected chi connectivity index (χ2v) is 4.46. The lowest BCUT2D eigenvalue weighted by molar-refractivity contribution is -0.145. The van der Waals surface area contributed by atoms with Crippen LogP contribution in [0.2, 0.25) is 0 Å². The molecule has 0 aromatic heterocycles. The predicted octanol–water partition coefficient (Wildman–Crippen LogP) is 2.29. The Kier molecular flexibility index (Phi) is 7.36. The Labute approximate surface area is 128 Å². The van der Waals surface area contributed by atoms with Crippen LogP contribution < -0.4 is 4.74 Å². The van der Waals surface area contributed by atoms with E-state index in [0.29, 0.717) is 12.2 Å². The zero-order valence-corrected chi connectivity index (χ0v) is 12.2. The molecule has 0 heterocycles. The summed E-state index contributed by atoms with van der Waals surface area (Å²) in [5, 5.41) is 15.8. The molecule has 2 rings (SSSR count). The Hall–Kier alpha value is -2.66. The standard InChI is InChI=1S/C14H12O2.C3H6O3/c15-14(11-12-7-3-1-4-8-12)16-13-9-5-2-6-10-13;1-2(4)3(5)6/h1-10H,11H2;2,4H,1H3,(H,5,6). The highest BCUT2D eigenvalue weighted by atomic mass is 16.5. The second-order valence-electron chi connectivity index (χ2n) is 4.46. The highest BCUT2D eigenvalue weighted by molar-refractivity contribution is 5.75. The first-order chi connectivity index (χ1) is 10.5. The molecule has 0 saturated carbocycles. The van der Waals surface area contributed by atoms with Crippen LogP contribution in [0.3, 0.4) is 0 Å². The van der Waals surface area contributed by atoms with Crippen molar-refractivity contribution in [3.05, 3.63) is 66.2 Å². The average Bonchev–Trinajstić information content (AvgIpc) is 2.49. The van der Waals surface area contributed by atoms with Gasteiger partial charge in [0, 0.05) is 0 Å². The Morgan fingerprint density at radius 2 is 1.45 bits per heavy atom.